The van der Waals surface area contributed by atoms with Crippen LogP contribution in [0.4, 0.5) is 11.4 Å². The van der Waals surface area contributed by atoms with Crippen molar-refractivity contribution in [3.05, 3.63) is 83.8 Å². The summed E-state index contributed by atoms with van der Waals surface area (Å²) < 4.78 is 5.40. The molecule has 0 spiro atoms. The third-order valence-electron chi connectivity index (χ3n) is 4.75. The van der Waals surface area contributed by atoms with Gasteiger partial charge in [0, 0.05) is 0 Å². The Kier molecular flexibility index (Phi) is 4.85. The number of para-hydroxylation sites is 2. The fourth-order valence-corrected chi connectivity index (χ4v) is 4.20. The molecule has 0 aliphatic carbocycles. The molecule has 1 unspecified atom stereocenters. The van der Waals surface area contributed by atoms with Gasteiger partial charge in [-0.3, -0.25) is 9.69 Å². The highest BCUT2D eigenvalue weighted by atomic mass is 32.2. The predicted molar refractivity (Wildman–Crippen MR) is 107 cm³/mol. The minimum atomic E-state index is -0.167. The van der Waals surface area contributed by atoms with Crippen LogP contribution in [0.2, 0.25) is 0 Å². The zero-order valence-electron chi connectivity index (χ0n) is 14.7. The Labute approximate surface area is 158 Å². The van der Waals surface area contributed by atoms with E-state index in [2.05, 4.69) is 24.3 Å². The number of furan rings is 1. The van der Waals surface area contributed by atoms with Crippen molar-refractivity contribution >= 4 is 29.0 Å². The van der Waals surface area contributed by atoms with Crippen molar-refractivity contribution in [2.75, 3.05) is 4.90 Å². The smallest absolute Gasteiger partial charge is 0.244 e. The van der Waals surface area contributed by atoms with E-state index in [1.54, 1.807) is 18.0 Å². The Balaban J connectivity index is 1.66. The quantitative estimate of drug-likeness (QED) is 0.625. The van der Waals surface area contributed by atoms with Crippen LogP contribution in [0, 0.1) is 0 Å². The summed E-state index contributed by atoms with van der Waals surface area (Å²) in [6.07, 6.45) is 3.57. The monoisotopic (exact) mass is 363 g/mol. The van der Waals surface area contributed by atoms with E-state index in [4.69, 9.17) is 4.42 Å². The van der Waals surface area contributed by atoms with Crippen LogP contribution in [0.3, 0.4) is 0 Å². The molecular formula is C22H21NO2S. The van der Waals surface area contributed by atoms with Crippen molar-refractivity contribution in [3.8, 4) is 0 Å². The lowest BCUT2D eigenvalue weighted by atomic mass is 10.0. The van der Waals surface area contributed by atoms with E-state index in [9.17, 15) is 4.79 Å². The first-order chi connectivity index (χ1) is 12.7. The van der Waals surface area contributed by atoms with Gasteiger partial charge in [0.15, 0.2) is 0 Å². The first-order valence-electron chi connectivity index (χ1n) is 8.88. The molecule has 2 aromatic carbocycles. The highest BCUT2D eigenvalue weighted by Crippen LogP contribution is 2.37. The van der Waals surface area contributed by atoms with Crippen LogP contribution in [-0.2, 0) is 23.4 Å². The number of aryl methyl sites for hydroxylation is 2. The number of benzene rings is 2. The van der Waals surface area contributed by atoms with E-state index in [1.165, 1.54) is 11.1 Å². The third-order valence-corrected chi connectivity index (χ3v) is 5.91. The molecule has 3 nitrogen and oxygen atoms in total. The minimum Gasteiger partial charge on any atom is -0.468 e. The number of fused-ring (bicyclic) bond motifs is 2. The number of amides is 1. The maximum Gasteiger partial charge on any atom is 0.244 e. The average Bonchev–Trinajstić information content (AvgIpc) is 3.14. The fourth-order valence-electron chi connectivity index (χ4n) is 3.37. The van der Waals surface area contributed by atoms with Crippen molar-refractivity contribution in [2.45, 2.75) is 30.8 Å². The number of carbonyl (C=O) groups excluding carboxylic acids is 1. The number of carbonyl (C=O) groups is 1. The topological polar surface area (TPSA) is 33.5 Å². The number of thioether (sulfide) groups is 1. The molecule has 132 valence electrons. The second-order valence-electron chi connectivity index (χ2n) is 6.46. The first-order valence-corrected chi connectivity index (χ1v) is 9.92. The molecule has 0 fully saturated rings. The molecule has 1 atom stereocenters. The predicted octanol–water partition coefficient (Wildman–Crippen LogP) is 5.36. The van der Waals surface area contributed by atoms with E-state index in [1.807, 2.05) is 48.2 Å². The average molecular weight is 363 g/mol. The minimum absolute atomic E-state index is 0.114. The summed E-state index contributed by atoms with van der Waals surface area (Å²) in [7, 11) is 0. The van der Waals surface area contributed by atoms with Crippen LogP contribution < -0.4 is 4.90 Å². The van der Waals surface area contributed by atoms with Gasteiger partial charge in [-0.05, 0) is 55.2 Å². The summed E-state index contributed by atoms with van der Waals surface area (Å²) >= 11 is 1.61. The standard InChI is InChI=1S/C22H21NO2S/c1-16(26-15-19-9-6-14-25-19)22(24)23-20-10-4-2-7-17(20)12-13-18-8-3-5-11-21(18)23/h2-11,14,16H,12-13,15H2,1H3. The third kappa shape index (κ3) is 3.29. The number of hydrogen-bond acceptors (Lipinski definition) is 3. The summed E-state index contributed by atoms with van der Waals surface area (Å²) in [5.41, 5.74) is 4.46. The van der Waals surface area contributed by atoms with Crippen molar-refractivity contribution in [3.63, 3.8) is 0 Å². The molecule has 1 aliphatic heterocycles. The molecule has 26 heavy (non-hydrogen) atoms. The summed E-state index contributed by atoms with van der Waals surface area (Å²) in [5, 5.41) is -0.167. The number of nitrogens with zero attached hydrogens (tertiary/aromatic N) is 1. The molecule has 1 aromatic heterocycles. The van der Waals surface area contributed by atoms with E-state index in [0.29, 0.717) is 5.75 Å². The maximum atomic E-state index is 13.4. The lowest BCUT2D eigenvalue weighted by Crippen LogP contribution is -2.33. The molecule has 1 amide bonds. The van der Waals surface area contributed by atoms with Crippen LogP contribution >= 0.6 is 11.8 Å². The van der Waals surface area contributed by atoms with Gasteiger partial charge in [-0.25, -0.2) is 0 Å². The maximum absolute atomic E-state index is 13.4. The number of hydrogen-bond donors (Lipinski definition) is 0. The van der Waals surface area contributed by atoms with Gasteiger partial charge in [-0.2, -0.15) is 0 Å². The van der Waals surface area contributed by atoms with Gasteiger partial charge >= 0.3 is 0 Å². The van der Waals surface area contributed by atoms with Crippen molar-refractivity contribution < 1.29 is 9.21 Å². The first kappa shape index (κ1) is 17.0. The Hall–Kier alpha value is -2.46. The largest absolute Gasteiger partial charge is 0.468 e. The second kappa shape index (κ2) is 7.42. The Bertz CT molecular complexity index is 857. The Morgan fingerprint density at radius 2 is 1.62 bits per heavy atom. The molecule has 2 heterocycles. The summed E-state index contributed by atoms with van der Waals surface area (Å²) in [5.74, 6) is 1.70. The summed E-state index contributed by atoms with van der Waals surface area (Å²) in [6, 6.07) is 20.3. The second-order valence-corrected chi connectivity index (χ2v) is 7.79. The highest BCUT2D eigenvalue weighted by Gasteiger charge is 2.29. The molecule has 0 saturated carbocycles. The normalized spacial score (nSPS) is 14.3. The van der Waals surface area contributed by atoms with Crippen LogP contribution in [0.15, 0.2) is 71.3 Å². The summed E-state index contributed by atoms with van der Waals surface area (Å²) in [4.78, 5) is 15.3. The van der Waals surface area contributed by atoms with Gasteiger partial charge in [-0.15, -0.1) is 11.8 Å². The molecule has 4 heteroatoms. The summed E-state index contributed by atoms with van der Waals surface area (Å²) in [6.45, 7) is 1.98. The van der Waals surface area contributed by atoms with Crippen molar-refractivity contribution in [2.24, 2.45) is 0 Å². The van der Waals surface area contributed by atoms with E-state index < -0.39 is 0 Å². The molecule has 0 N–H and O–H groups in total. The molecule has 0 saturated heterocycles. The van der Waals surface area contributed by atoms with E-state index in [0.717, 1.165) is 30.0 Å². The van der Waals surface area contributed by atoms with Crippen LogP contribution in [0.5, 0.6) is 0 Å². The van der Waals surface area contributed by atoms with E-state index >= 15 is 0 Å². The Morgan fingerprint density at radius 1 is 1.00 bits per heavy atom. The van der Waals surface area contributed by atoms with Crippen LogP contribution in [0.1, 0.15) is 23.8 Å². The van der Waals surface area contributed by atoms with Gasteiger partial charge in [0.2, 0.25) is 5.91 Å². The van der Waals surface area contributed by atoms with Gasteiger partial charge < -0.3 is 4.42 Å². The van der Waals surface area contributed by atoms with Gasteiger partial charge in [0.05, 0.1) is 28.6 Å². The molecule has 1 aliphatic rings. The zero-order valence-corrected chi connectivity index (χ0v) is 15.5. The van der Waals surface area contributed by atoms with E-state index in [-0.39, 0.29) is 11.2 Å². The molecule has 4 rings (SSSR count). The number of anilines is 2. The van der Waals surface area contributed by atoms with Crippen molar-refractivity contribution in [1.82, 2.24) is 0 Å². The lowest BCUT2D eigenvalue weighted by Gasteiger charge is -2.27. The van der Waals surface area contributed by atoms with Gasteiger partial charge in [0.25, 0.3) is 0 Å². The molecular weight excluding hydrogens is 342 g/mol. The van der Waals surface area contributed by atoms with Crippen molar-refractivity contribution in [1.29, 1.82) is 0 Å². The molecule has 0 bridgehead atoms. The number of rotatable bonds is 4. The van der Waals surface area contributed by atoms with Crippen LogP contribution in [-0.4, -0.2) is 11.2 Å². The molecule has 0 radical (unpaired) electrons. The Morgan fingerprint density at radius 3 is 2.19 bits per heavy atom. The lowest BCUT2D eigenvalue weighted by molar-refractivity contribution is -0.117. The SMILES string of the molecule is CC(SCc1ccco1)C(=O)N1c2ccccc2CCc2ccccc21. The molecule has 3 aromatic rings. The zero-order chi connectivity index (χ0) is 17.9. The highest BCUT2D eigenvalue weighted by molar-refractivity contribution is 7.99. The van der Waals surface area contributed by atoms with Gasteiger partial charge in [-0.1, -0.05) is 36.4 Å². The van der Waals surface area contributed by atoms with Crippen LogP contribution in [0.25, 0.3) is 0 Å². The fraction of sp³-hybridized carbons (Fsp3) is 0.227. The van der Waals surface area contributed by atoms with Gasteiger partial charge in [0.1, 0.15) is 5.76 Å².